The molecular weight excluding hydrogens is 339 g/mol. The monoisotopic (exact) mass is 353 g/mol. The van der Waals surface area contributed by atoms with Crippen LogP contribution in [0.15, 0.2) is 28.8 Å². The summed E-state index contributed by atoms with van der Waals surface area (Å²) in [6, 6.07) is 6.47. The maximum Gasteiger partial charge on any atom is 0.471 e. The zero-order chi connectivity index (χ0) is 18.2. The largest absolute Gasteiger partial charge is 0.471 e. The van der Waals surface area contributed by atoms with Crippen molar-refractivity contribution in [1.82, 2.24) is 15.0 Å². The van der Waals surface area contributed by atoms with Crippen LogP contribution in [0.1, 0.15) is 31.2 Å². The van der Waals surface area contributed by atoms with Gasteiger partial charge in [-0.25, -0.2) is 0 Å². The van der Waals surface area contributed by atoms with Crippen LogP contribution in [0.4, 0.5) is 13.2 Å². The first-order chi connectivity index (χ1) is 11.8. The SMILES string of the molecule is CC(=O)C(=O)N(Cc1ccc(-c2noc(C(F)(F)F)n2)cc1)C1CC1. The maximum absolute atomic E-state index is 12.5. The minimum absolute atomic E-state index is 0.0719. The number of carbonyl (C=O) groups is 2. The van der Waals surface area contributed by atoms with E-state index >= 15 is 0 Å². The molecule has 0 spiro atoms. The lowest BCUT2D eigenvalue weighted by atomic mass is 10.1. The highest BCUT2D eigenvalue weighted by molar-refractivity contribution is 6.35. The zero-order valence-electron chi connectivity index (χ0n) is 13.2. The summed E-state index contributed by atoms with van der Waals surface area (Å²) in [7, 11) is 0. The summed E-state index contributed by atoms with van der Waals surface area (Å²) in [4.78, 5) is 28.1. The van der Waals surface area contributed by atoms with E-state index in [2.05, 4.69) is 14.7 Å². The molecule has 1 aromatic carbocycles. The minimum Gasteiger partial charge on any atom is -0.329 e. The van der Waals surface area contributed by atoms with E-state index in [4.69, 9.17) is 0 Å². The van der Waals surface area contributed by atoms with E-state index in [1.54, 1.807) is 24.3 Å². The number of benzene rings is 1. The number of carbonyl (C=O) groups excluding carboxylic acids is 2. The molecule has 25 heavy (non-hydrogen) atoms. The third kappa shape index (κ3) is 3.86. The highest BCUT2D eigenvalue weighted by Crippen LogP contribution is 2.30. The van der Waals surface area contributed by atoms with Crippen molar-refractivity contribution in [3.05, 3.63) is 35.7 Å². The second-order valence-corrected chi connectivity index (χ2v) is 5.84. The Morgan fingerprint density at radius 3 is 2.36 bits per heavy atom. The minimum atomic E-state index is -4.69. The van der Waals surface area contributed by atoms with Crippen LogP contribution in [0.5, 0.6) is 0 Å². The van der Waals surface area contributed by atoms with Crippen molar-refractivity contribution in [1.29, 1.82) is 0 Å². The van der Waals surface area contributed by atoms with Crippen LogP contribution >= 0.6 is 0 Å². The molecule has 1 heterocycles. The van der Waals surface area contributed by atoms with Gasteiger partial charge in [-0.1, -0.05) is 29.4 Å². The summed E-state index contributed by atoms with van der Waals surface area (Å²) in [6.45, 7) is 1.50. The van der Waals surface area contributed by atoms with Gasteiger partial charge in [0.15, 0.2) is 0 Å². The zero-order valence-corrected chi connectivity index (χ0v) is 13.2. The Balaban J connectivity index is 1.74. The standard InChI is InChI=1S/C16H14F3N3O3/c1-9(23)14(24)22(12-6-7-12)8-10-2-4-11(5-3-10)13-20-15(25-21-13)16(17,18)19/h2-5,12H,6-8H2,1H3. The first kappa shape index (κ1) is 17.1. The van der Waals surface area contributed by atoms with Crippen LogP contribution in [-0.2, 0) is 22.3 Å². The maximum atomic E-state index is 12.5. The number of halogens is 3. The second-order valence-electron chi connectivity index (χ2n) is 5.84. The first-order valence-electron chi connectivity index (χ1n) is 7.57. The van der Waals surface area contributed by atoms with E-state index in [1.165, 1.54) is 11.8 Å². The Kier molecular flexibility index (Phi) is 4.32. The molecule has 2 aromatic rings. The van der Waals surface area contributed by atoms with E-state index in [-0.39, 0.29) is 18.4 Å². The van der Waals surface area contributed by atoms with Crippen molar-refractivity contribution in [3.8, 4) is 11.4 Å². The second kappa shape index (κ2) is 6.30. The van der Waals surface area contributed by atoms with Crippen molar-refractivity contribution >= 4 is 11.7 Å². The molecule has 132 valence electrons. The van der Waals surface area contributed by atoms with E-state index in [9.17, 15) is 22.8 Å². The summed E-state index contributed by atoms with van der Waals surface area (Å²) in [5, 5.41) is 3.32. The van der Waals surface area contributed by atoms with Crippen LogP contribution in [0.25, 0.3) is 11.4 Å². The summed E-state index contributed by atoms with van der Waals surface area (Å²) < 4.78 is 41.7. The molecule has 9 heteroatoms. The normalized spacial score (nSPS) is 14.4. The molecule has 0 atom stereocenters. The Morgan fingerprint density at radius 1 is 1.24 bits per heavy atom. The quantitative estimate of drug-likeness (QED) is 0.773. The third-order valence-corrected chi connectivity index (χ3v) is 3.78. The molecule has 1 amide bonds. The fourth-order valence-corrected chi connectivity index (χ4v) is 2.37. The van der Waals surface area contributed by atoms with E-state index in [0.29, 0.717) is 5.56 Å². The predicted octanol–water partition coefficient (Wildman–Crippen LogP) is 2.84. The van der Waals surface area contributed by atoms with Gasteiger partial charge in [-0.3, -0.25) is 9.59 Å². The van der Waals surface area contributed by atoms with Gasteiger partial charge in [0.05, 0.1) is 0 Å². The van der Waals surface area contributed by atoms with Crippen LogP contribution in [0.3, 0.4) is 0 Å². The number of hydrogen-bond acceptors (Lipinski definition) is 5. The molecule has 1 aromatic heterocycles. The molecule has 0 bridgehead atoms. The van der Waals surface area contributed by atoms with Gasteiger partial charge in [-0.15, -0.1) is 0 Å². The van der Waals surface area contributed by atoms with Crippen molar-refractivity contribution in [2.75, 3.05) is 0 Å². The average molecular weight is 353 g/mol. The Morgan fingerprint density at radius 2 is 1.88 bits per heavy atom. The van der Waals surface area contributed by atoms with Crippen LogP contribution < -0.4 is 0 Å². The molecule has 1 saturated carbocycles. The first-order valence-corrected chi connectivity index (χ1v) is 7.57. The van der Waals surface area contributed by atoms with Crippen molar-refractivity contribution in [2.45, 2.75) is 38.5 Å². The molecule has 0 saturated heterocycles. The van der Waals surface area contributed by atoms with Gasteiger partial charge in [-0.2, -0.15) is 18.2 Å². The van der Waals surface area contributed by atoms with Crippen LogP contribution in [0.2, 0.25) is 0 Å². The smallest absolute Gasteiger partial charge is 0.329 e. The Labute approximate surface area is 140 Å². The number of aromatic nitrogens is 2. The molecule has 0 aliphatic heterocycles. The highest BCUT2D eigenvalue weighted by Gasteiger charge is 2.38. The van der Waals surface area contributed by atoms with Crippen LogP contribution in [0, 0.1) is 0 Å². The molecule has 3 rings (SSSR count). The number of nitrogens with zero attached hydrogens (tertiary/aromatic N) is 3. The molecule has 0 unspecified atom stereocenters. The van der Waals surface area contributed by atoms with Gasteiger partial charge in [0.25, 0.3) is 5.91 Å². The number of alkyl halides is 3. The Bertz CT molecular complexity index is 795. The Hall–Kier alpha value is -2.71. The van der Waals surface area contributed by atoms with Crippen LogP contribution in [-0.4, -0.2) is 32.8 Å². The number of ketones is 1. The highest BCUT2D eigenvalue weighted by atomic mass is 19.4. The van der Waals surface area contributed by atoms with E-state index < -0.39 is 23.8 Å². The lowest BCUT2D eigenvalue weighted by molar-refractivity contribution is -0.159. The third-order valence-electron chi connectivity index (χ3n) is 3.78. The fourth-order valence-electron chi connectivity index (χ4n) is 2.37. The fraction of sp³-hybridized carbons (Fsp3) is 0.375. The van der Waals surface area contributed by atoms with Crippen molar-refractivity contribution in [2.24, 2.45) is 0 Å². The van der Waals surface area contributed by atoms with Crippen molar-refractivity contribution in [3.63, 3.8) is 0 Å². The van der Waals surface area contributed by atoms with Gasteiger partial charge in [-0.05, 0) is 18.4 Å². The molecule has 0 radical (unpaired) electrons. The van der Waals surface area contributed by atoms with Crippen molar-refractivity contribution < 1.29 is 27.3 Å². The summed E-state index contributed by atoms with van der Waals surface area (Å²) in [6.07, 6.45) is -2.97. The molecule has 1 aliphatic rings. The van der Waals surface area contributed by atoms with Gasteiger partial charge < -0.3 is 9.42 Å². The van der Waals surface area contributed by atoms with Gasteiger partial charge in [0.1, 0.15) is 0 Å². The number of amides is 1. The molecule has 1 aliphatic carbocycles. The van der Waals surface area contributed by atoms with E-state index in [0.717, 1.165) is 18.4 Å². The molecule has 0 N–H and O–H groups in total. The summed E-state index contributed by atoms with van der Waals surface area (Å²) in [5.74, 6) is -2.62. The molecule has 6 nitrogen and oxygen atoms in total. The lowest BCUT2D eigenvalue weighted by Gasteiger charge is -2.21. The van der Waals surface area contributed by atoms with Gasteiger partial charge in [0.2, 0.25) is 11.6 Å². The number of hydrogen-bond donors (Lipinski definition) is 0. The number of rotatable bonds is 5. The van der Waals surface area contributed by atoms with E-state index in [1.807, 2.05) is 0 Å². The lowest BCUT2D eigenvalue weighted by Crippen LogP contribution is -2.36. The number of Topliss-reactive ketones (excluding diaryl/α,β-unsaturated/α-hetero) is 1. The van der Waals surface area contributed by atoms with Gasteiger partial charge in [0, 0.05) is 25.1 Å². The average Bonchev–Trinajstić information content (AvgIpc) is 3.26. The molecular formula is C16H14F3N3O3. The summed E-state index contributed by atoms with van der Waals surface area (Å²) >= 11 is 0. The summed E-state index contributed by atoms with van der Waals surface area (Å²) in [5.41, 5.74) is 1.11. The molecule has 1 fully saturated rings. The predicted molar refractivity (Wildman–Crippen MR) is 79.0 cm³/mol. The van der Waals surface area contributed by atoms with Gasteiger partial charge >= 0.3 is 12.1 Å². The topological polar surface area (TPSA) is 76.3 Å².